The first kappa shape index (κ1) is 16.6. The fourth-order valence-electron chi connectivity index (χ4n) is 1.61. The Kier molecular flexibility index (Phi) is 7.15. The molecule has 0 bridgehead atoms. The Labute approximate surface area is 124 Å². The third kappa shape index (κ3) is 5.65. The predicted molar refractivity (Wildman–Crippen MR) is 82.8 cm³/mol. The van der Waals surface area contributed by atoms with Gasteiger partial charge in [0.1, 0.15) is 6.04 Å². The first-order valence-corrected chi connectivity index (χ1v) is 7.78. The SMILES string of the molecule is CCCNC(=O)[C@@H](C)NC(=O)CSc1ccccc1C. The van der Waals surface area contributed by atoms with Gasteiger partial charge >= 0.3 is 0 Å². The van der Waals surface area contributed by atoms with E-state index in [1.54, 1.807) is 6.92 Å². The lowest BCUT2D eigenvalue weighted by atomic mass is 10.2. The zero-order valence-electron chi connectivity index (χ0n) is 12.2. The summed E-state index contributed by atoms with van der Waals surface area (Å²) in [6.45, 7) is 6.34. The minimum absolute atomic E-state index is 0.127. The van der Waals surface area contributed by atoms with E-state index < -0.39 is 6.04 Å². The van der Waals surface area contributed by atoms with Crippen LogP contribution in [0, 0.1) is 6.92 Å². The van der Waals surface area contributed by atoms with Gasteiger partial charge in [0, 0.05) is 11.4 Å². The zero-order chi connectivity index (χ0) is 15.0. The Morgan fingerprint density at radius 3 is 2.65 bits per heavy atom. The number of carbonyl (C=O) groups excluding carboxylic acids is 2. The Morgan fingerprint density at radius 1 is 1.30 bits per heavy atom. The monoisotopic (exact) mass is 294 g/mol. The fraction of sp³-hybridized carbons (Fsp3) is 0.467. The van der Waals surface area contributed by atoms with Crippen LogP contribution in [0.1, 0.15) is 25.8 Å². The van der Waals surface area contributed by atoms with Gasteiger partial charge in [-0.25, -0.2) is 0 Å². The van der Waals surface area contributed by atoms with Crippen molar-refractivity contribution in [3.8, 4) is 0 Å². The molecule has 2 N–H and O–H groups in total. The van der Waals surface area contributed by atoms with E-state index in [-0.39, 0.29) is 11.8 Å². The lowest BCUT2D eigenvalue weighted by Crippen LogP contribution is -2.45. The molecule has 2 amide bonds. The Hall–Kier alpha value is -1.49. The van der Waals surface area contributed by atoms with Gasteiger partial charge in [-0.15, -0.1) is 11.8 Å². The normalized spacial score (nSPS) is 11.8. The lowest BCUT2D eigenvalue weighted by Gasteiger charge is -2.13. The van der Waals surface area contributed by atoms with E-state index in [0.29, 0.717) is 12.3 Å². The van der Waals surface area contributed by atoms with E-state index >= 15 is 0 Å². The van der Waals surface area contributed by atoms with E-state index in [1.807, 2.05) is 38.1 Å². The number of nitrogens with one attached hydrogen (secondary N) is 2. The maximum absolute atomic E-state index is 11.8. The quantitative estimate of drug-likeness (QED) is 0.757. The maximum Gasteiger partial charge on any atom is 0.242 e. The second-order valence-electron chi connectivity index (χ2n) is 4.63. The summed E-state index contributed by atoms with van der Waals surface area (Å²) in [7, 11) is 0. The van der Waals surface area contributed by atoms with Gasteiger partial charge < -0.3 is 10.6 Å². The van der Waals surface area contributed by atoms with Gasteiger partial charge in [0.15, 0.2) is 0 Å². The third-order valence-electron chi connectivity index (χ3n) is 2.77. The van der Waals surface area contributed by atoms with E-state index in [9.17, 15) is 9.59 Å². The van der Waals surface area contributed by atoms with Crippen LogP contribution in [0.4, 0.5) is 0 Å². The standard InChI is InChI=1S/C15H22N2O2S/c1-4-9-16-15(19)12(3)17-14(18)10-20-13-8-6-5-7-11(13)2/h5-8,12H,4,9-10H2,1-3H3,(H,16,19)(H,17,18)/t12-/m1/s1. The topological polar surface area (TPSA) is 58.2 Å². The minimum atomic E-state index is -0.494. The van der Waals surface area contributed by atoms with Gasteiger partial charge in [0.25, 0.3) is 0 Å². The highest BCUT2D eigenvalue weighted by atomic mass is 32.2. The van der Waals surface area contributed by atoms with E-state index in [4.69, 9.17) is 0 Å². The average Bonchev–Trinajstić information content (AvgIpc) is 2.43. The van der Waals surface area contributed by atoms with Gasteiger partial charge in [-0.3, -0.25) is 9.59 Å². The smallest absolute Gasteiger partial charge is 0.242 e. The van der Waals surface area contributed by atoms with E-state index in [0.717, 1.165) is 16.9 Å². The number of benzene rings is 1. The van der Waals surface area contributed by atoms with Gasteiger partial charge in [-0.1, -0.05) is 25.1 Å². The van der Waals surface area contributed by atoms with E-state index in [1.165, 1.54) is 11.8 Å². The van der Waals surface area contributed by atoms with Crippen LogP contribution in [-0.4, -0.2) is 30.2 Å². The van der Waals surface area contributed by atoms with Crippen LogP contribution in [0.3, 0.4) is 0 Å². The van der Waals surface area contributed by atoms with Crippen molar-refractivity contribution < 1.29 is 9.59 Å². The summed E-state index contributed by atoms with van der Waals surface area (Å²) in [5.74, 6) is 0.0504. The summed E-state index contributed by atoms with van der Waals surface area (Å²) in [5.41, 5.74) is 1.15. The second kappa shape index (κ2) is 8.64. The Morgan fingerprint density at radius 2 is 2.00 bits per heavy atom. The summed E-state index contributed by atoms with van der Waals surface area (Å²) in [5, 5.41) is 5.47. The molecule has 1 aromatic rings. The molecule has 0 aliphatic heterocycles. The summed E-state index contributed by atoms with van der Waals surface area (Å²) in [6.07, 6.45) is 0.884. The number of rotatable bonds is 7. The van der Waals surface area contributed by atoms with Crippen LogP contribution in [0.5, 0.6) is 0 Å². The fourth-order valence-corrected chi connectivity index (χ4v) is 2.45. The van der Waals surface area contributed by atoms with Crippen molar-refractivity contribution >= 4 is 23.6 Å². The molecule has 0 aliphatic carbocycles. The van der Waals surface area contributed by atoms with Crippen molar-refractivity contribution in [3.63, 3.8) is 0 Å². The molecule has 0 unspecified atom stereocenters. The van der Waals surface area contributed by atoms with Crippen molar-refractivity contribution in [2.45, 2.75) is 38.1 Å². The van der Waals surface area contributed by atoms with Crippen LogP contribution in [0.15, 0.2) is 29.2 Å². The number of hydrogen-bond acceptors (Lipinski definition) is 3. The molecule has 0 heterocycles. The third-order valence-corrected chi connectivity index (χ3v) is 3.95. The number of thioether (sulfide) groups is 1. The summed E-state index contributed by atoms with van der Waals surface area (Å²) in [6, 6.07) is 7.44. The molecule has 0 spiro atoms. The van der Waals surface area contributed by atoms with Crippen LogP contribution in [0.2, 0.25) is 0 Å². The molecule has 110 valence electrons. The molecule has 1 atom stereocenters. The molecule has 0 aliphatic rings. The Bertz CT molecular complexity index is 463. The summed E-state index contributed by atoms with van der Waals surface area (Å²) in [4.78, 5) is 24.5. The van der Waals surface area contributed by atoms with Crippen molar-refractivity contribution in [2.75, 3.05) is 12.3 Å². The molecular formula is C15H22N2O2S. The molecule has 0 radical (unpaired) electrons. The molecule has 20 heavy (non-hydrogen) atoms. The Balaban J connectivity index is 2.37. The number of aryl methyl sites for hydroxylation is 1. The van der Waals surface area contributed by atoms with Gasteiger partial charge in [-0.2, -0.15) is 0 Å². The molecule has 4 nitrogen and oxygen atoms in total. The molecule has 1 aromatic carbocycles. The summed E-state index contributed by atoms with van der Waals surface area (Å²) < 4.78 is 0. The maximum atomic E-state index is 11.8. The van der Waals surface area contributed by atoms with Crippen molar-refractivity contribution in [1.29, 1.82) is 0 Å². The van der Waals surface area contributed by atoms with Gasteiger partial charge in [-0.05, 0) is 31.9 Å². The highest BCUT2D eigenvalue weighted by Gasteiger charge is 2.14. The predicted octanol–water partition coefficient (Wildman–Crippen LogP) is 2.12. The summed E-state index contributed by atoms with van der Waals surface area (Å²) >= 11 is 1.48. The van der Waals surface area contributed by atoms with Crippen LogP contribution < -0.4 is 10.6 Å². The van der Waals surface area contributed by atoms with Crippen LogP contribution >= 0.6 is 11.8 Å². The molecule has 0 fully saturated rings. The molecular weight excluding hydrogens is 272 g/mol. The second-order valence-corrected chi connectivity index (χ2v) is 5.65. The molecule has 1 rings (SSSR count). The lowest BCUT2D eigenvalue weighted by molar-refractivity contribution is -0.127. The molecule has 5 heteroatoms. The molecule has 0 aromatic heterocycles. The van der Waals surface area contributed by atoms with Gasteiger partial charge in [0.2, 0.25) is 11.8 Å². The van der Waals surface area contributed by atoms with Crippen LogP contribution in [-0.2, 0) is 9.59 Å². The first-order valence-electron chi connectivity index (χ1n) is 6.80. The average molecular weight is 294 g/mol. The van der Waals surface area contributed by atoms with E-state index in [2.05, 4.69) is 10.6 Å². The number of carbonyl (C=O) groups is 2. The first-order chi connectivity index (χ1) is 9.54. The van der Waals surface area contributed by atoms with Crippen molar-refractivity contribution in [3.05, 3.63) is 29.8 Å². The number of amides is 2. The highest BCUT2D eigenvalue weighted by Crippen LogP contribution is 2.21. The largest absolute Gasteiger partial charge is 0.354 e. The highest BCUT2D eigenvalue weighted by molar-refractivity contribution is 8.00. The van der Waals surface area contributed by atoms with Crippen molar-refractivity contribution in [2.24, 2.45) is 0 Å². The molecule has 0 saturated carbocycles. The van der Waals surface area contributed by atoms with Crippen molar-refractivity contribution in [1.82, 2.24) is 10.6 Å². The minimum Gasteiger partial charge on any atom is -0.354 e. The molecule has 0 saturated heterocycles. The number of hydrogen-bond donors (Lipinski definition) is 2. The van der Waals surface area contributed by atoms with Gasteiger partial charge in [0.05, 0.1) is 5.75 Å². The zero-order valence-corrected chi connectivity index (χ0v) is 13.0. The van der Waals surface area contributed by atoms with Crippen LogP contribution in [0.25, 0.3) is 0 Å².